The minimum Gasteiger partial charge on any atom is -0.481 e. The minimum atomic E-state index is -5.04. The van der Waals surface area contributed by atoms with E-state index in [-0.39, 0.29) is 43.6 Å². The molecule has 0 bridgehead atoms. The number of aromatic nitrogens is 2. The van der Waals surface area contributed by atoms with Crippen molar-refractivity contribution in [2.24, 2.45) is 5.92 Å². The number of carbonyl (C=O) groups excluding carboxylic acids is 2. The molecule has 50 heavy (non-hydrogen) atoms. The van der Waals surface area contributed by atoms with Gasteiger partial charge in [-0.25, -0.2) is 19.6 Å². The molecule has 1 N–H and O–H groups in total. The zero-order valence-corrected chi connectivity index (χ0v) is 27.5. The van der Waals surface area contributed by atoms with Crippen LogP contribution in [0, 0.1) is 5.92 Å². The van der Waals surface area contributed by atoms with E-state index in [1.165, 1.54) is 17.3 Å². The molecule has 11 nitrogen and oxygen atoms in total. The largest absolute Gasteiger partial charge is 0.481 e. The number of rotatable bonds is 9. The highest BCUT2D eigenvalue weighted by atomic mass is 19.4. The Morgan fingerprint density at radius 2 is 1.50 bits per heavy atom. The molecule has 3 aliphatic rings. The summed E-state index contributed by atoms with van der Waals surface area (Å²) >= 11 is 0. The van der Waals surface area contributed by atoms with Gasteiger partial charge in [0, 0.05) is 24.7 Å². The Bertz CT molecular complexity index is 1490. The van der Waals surface area contributed by atoms with Crippen LogP contribution >= 0.6 is 0 Å². The number of likely N-dealkylation sites (tertiary alicyclic amines) is 1. The zero-order chi connectivity index (χ0) is 36.4. The lowest BCUT2D eigenvalue weighted by atomic mass is 9.87. The summed E-state index contributed by atoms with van der Waals surface area (Å²) in [4.78, 5) is 50.4. The average molecular weight is 716 g/mol. The molecule has 3 fully saturated rings. The summed E-state index contributed by atoms with van der Waals surface area (Å²) in [6, 6.07) is 0.0946. The number of nitrogens with zero attached hydrogens (tertiary/aromatic N) is 5. The van der Waals surface area contributed by atoms with Crippen LogP contribution in [0.25, 0.3) is 0 Å². The van der Waals surface area contributed by atoms with E-state index in [9.17, 15) is 45.8 Å². The Morgan fingerprint density at radius 3 is 1.96 bits per heavy atom. The monoisotopic (exact) mass is 715 g/mol. The Hall–Kier alpha value is -4.31. The van der Waals surface area contributed by atoms with E-state index in [2.05, 4.69) is 9.97 Å². The second kappa shape index (κ2) is 14.9. The van der Waals surface area contributed by atoms with Crippen molar-refractivity contribution in [3.8, 4) is 0 Å². The van der Waals surface area contributed by atoms with Crippen LogP contribution < -0.4 is 9.80 Å². The lowest BCUT2D eigenvalue weighted by Crippen LogP contribution is -2.57. The number of alkyl halides is 6. The maximum Gasteiger partial charge on any atom is 0.416 e. The number of carboxylic acids is 1. The number of carbonyl (C=O) groups is 3. The van der Waals surface area contributed by atoms with E-state index in [4.69, 9.17) is 9.47 Å². The quantitative estimate of drug-likeness (QED) is 0.267. The third-order valence-corrected chi connectivity index (χ3v) is 9.71. The van der Waals surface area contributed by atoms with Gasteiger partial charge in [-0.1, -0.05) is 13.8 Å². The second-order valence-electron chi connectivity index (χ2n) is 12.9. The van der Waals surface area contributed by atoms with Crippen LogP contribution in [0.4, 0.5) is 47.6 Å². The number of anilines is 2. The van der Waals surface area contributed by atoms with Crippen LogP contribution in [0.1, 0.15) is 81.9 Å². The highest BCUT2D eigenvalue weighted by Crippen LogP contribution is 2.39. The topological polar surface area (TPSA) is 125 Å². The summed E-state index contributed by atoms with van der Waals surface area (Å²) in [5, 5.41) is 9.31. The summed E-state index contributed by atoms with van der Waals surface area (Å²) < 4.78 is 93.5. The molecule has 2 aliphatic heterocycles. The number of amides is 2. The Kier molecular flexibility index (Phi) is 11.0. The fourth-order valence-corrected chi connectivity index (χ4v) is 7.06. The number of hydrogen-bond acceptors (Lipinski definition) is 8. The molecule has 2 amide bonds. The fourth-order valence-electron chi connectivity index (χ4n) is 7.06. The van der Waals surface area contributed by atoms with Gasteiger partial charge < -0.3 is 24.4 Å². The van der Waals surface area contributed by atoms with Crippen molar-refractivity contribution in [1.82, 2.24) is 14.9 Å². The maximum absolute atomic E-state index is 13.8. The van der Waals surface area contributed by atoms with Gasteiger partial charge in [0.05, 0.1) is 41.7 Å². The number of piperidine rings is 1. The lowest BCUT2D eigenvalue weighted by molar-refractivity contribution is -0.144. The van der Waals surface area contributed by atoms with Gasteiger partial charge in [0.1, 0.15) is 12.7 Å². The van der Waals surface area contributed by atoms with Gasteiger partial charge in [-0.05, 0) is 75.1 Å². The SMILES string of the molecule is CC[C@@H]1CC(N(Cc2cc(C(F)(F)F)cc(C(F)(F)F)c2)c2ncc(N3CCOC3=O)cn2)C[C@H](CC)N1C(=O)O[C@H]1CC[C@H](C(=O)O)CC1. The number of cyclic esters (lactones) is 1. The van der Waals surface area contributed by atoms with Crippen LogP contribution in [-0.4, -0.2) is 75.5 Å². The van der Waals surface area contributed by atoms with E-state index >= 15 is 0 Å². The number of hydrogen-bond donors (Lipinski definition) is 1. The highest BCUT2D eigenvalue weighted by molar-refractivity contribution is 5.88. The van der Waals surface area contributed by atoms with E-state index in [0.717, 1.165) is 0 Å². The normalized spacial score (nSPS) is 24.6. The average Bonchev–Trinajstić information content (AvgIpc) is 3.51. The Morgan fingerprint density at radius 1 is 0.940 bits per heavy atom. The fraction of sp³-hybridized carbons (Fsp3) is 0.606. The molecule has 0 spiro atoms. The van der Waals surface area contributed by atoms with Crippen LogP contribution in [0.15, 0.2) is 30.6 Å². The standard InChI is InChI=1S/C33H39F6N5O6/c1-3-23-14-25(15-24(4-2)44(23)31(48)50-27-7-5-20(6-8-27)28(45)46)43(29-40-16-26(17-41-29)42-9-10-49-30(42)47)18-19-11-21(32(34,35)36)13-22(12-19)33(37,38)39/h11-13,16-17,20,23-25,27H,3-10,14-15,18H2,1-2H3,(H,45,46)/t20-,23-,24+,25?,27-. The van der Waals surface area contributed by atoms with Gasteiger partial charge in [-0.2, -0.15) is 26.3 Å². The molecule has 1 aromatic carbocycles. The van der Waals surface area contributed by atoms with Crippen molar-refractivity contribution in [3.05, 3.63) is 47.3 Å². The minimum absolute atomic E-state index is 0.0215. The third kappa shape index (κ3) is 8.34. The van der Waals surface area contributed by atoms with Crippen molar-refractivity contribution in [2.45, 2.75) is 108 Å². The lowest BCUT2D eigenvalue weighted by Gasteiger charge is -2.47. The number of carboxylic acid groups (broad SMARTS) is 1. The van der Waals surface area contributed by atoms with E-state index < -0.39 is 78.3 Å². The van der Waals surface area contributed by atoms with Gasteiger partial charge in [-0.3, -0.25) is 9.69 Å². The summed E-state index contributed by atoms with van der Waals surface area (Å²) in [6.07, 6.45) is -5.86. The highest BCUT2D eigenvalue weighted by Gasteiger charge is 2.43. The van der Waals surface area contributed by atoms with Crippen molar-refractivity contribution in [3.63, 3.8) is 0 Å². The first-order valence-corrected chi connectivity index (χ1v) is 16.6. The van der Waals surface area contributed by atoms with Crippen molar-refractivity contribution in [2.75, 3.05) is 23.0 Å². The zero-order valence-electron chi connectivity index (χ0n) is 27.5. The molecule has 3 heterocycles. The molecule has 2 aromatic rings. The first-order chi connectivity index (χ1) is 23.6. The van der Waals surface area contributed by atoms with Gasteiger partial charge in [-0.15, -0.1) is 0 Å². The smallest absolute Gasteiger partial charge is 0.416 e. The predicted octanol–water partition coefficient (Wildman–Crippen LogP) is 7.28. The van der Waals surface area contributed by atoms with Crippen molar-refractivity contribution in [1.29, 1.82) is 0 Å². The second-order valence-corrected chi connectivity index (χ2v) is 12.9. The Balaban J connectivity index is 1.45. The van der Waals surface area contributed by atoms with Crippen molar-refractivity contribution >= 4 is 29.8 Å². The molecule has 0 radical (unpaired) electrons. The molecule has 2 saturated heterocycles. The van der Waals surface area contributed by atoms with Gasteiger partial charge in [0.25, 0.3) is 0 Å². The van der Waals surface area contributed by atoms with Gasteiger partial charge in [0.15, 0.2) is 0 Å². The molecule has 1 aliphatic carbocycles. The number of ether oxygens (including phenoxy) is 2. The summed E-state index contributed by atoms with van der Waals surface area (Å²) in [5.74, 6) is -1.34. The number of aliphatic carboxylic acids is 1. The third-order valence-electron chi connectivity index (χ3n) is 9.71. The first kappa shape index (κ1) is 37.0. The molecule has 1 unspecified atom stereocenters. The molecular formula is C33H39F6N5O6. The summed E-state index contributed by atoms with van der Waals surface area (Å²) in [7, 11) is 0. The predicted molar refractivity (Wildman–Crippen MR) is 166 cm³/mol. The van der Waals surface area contributed by atoms with Gasteiger partial charge >= 0.3 is 30.5 Å². The number of benzene rings is 1. The summed E-state index contributed by atoms with van der Waals surface area (Å²) in [5.41, 5.74) is -2.84. The Labute approximate surface area is 284 Å². The molecular weight excluding hydrogens is 676 g/mol. The van der Waals surface area contributed by atoms with E-state index in [0.29, 0.717) is 56.3 Å². The van der Waals surface area contributed by atoms with E-state index in [1.54, 1.807) is 9.80 Å². The van der Waals surface area contributed by atoms with Crippen LogP contribution in [0.2, 0.25) is 0 Å². The molecule has 17 heteroatoms. The molecule has 5 rings (SSSR count). The van der Waals surface area contributed by atoms with Crippen LogP contribution in [-0.2, 0) is 33.2 Å². The first-order valence-electron chi connectivity index (χ1n) is 16.6. The van der Waals surface area contributed by atoms with Crippen LogP contribution in [0.5, 0.6) is 0 Å². The molecule has 1 aromatic heterocycles. The molecule has 1 saturated carbocycles. The maximum atomic E-state index is 13.8. The molecule has 3 atom stereocenters. The van der Waals surface area contributed by atoms with Crippen LogP contribution in [0.3, 0.4) is 0 Å². The molecule has 274 valence electrons. The van der Waals surface area contributed by atoms with E-state index in [1.807, 2.05) is 13.8 Å². The van der Waals surface area contributed by atoms with Crippen molar-refractivity contribution < 1.29 is 55.3 Å². The summed E-state index contributed by atoms with van der Waals surface area (Å²) in [6.45, 7) is 3.73. The number of halogens is 6. The van der Waals surface area contributed by atoms with Gasteiger partial charge in [0.2, 0.25) is 5.95 Å².